The second-order valence-corrected chi connectivity index (χ2v) is 6.94. The van der Waals surface area contributed by atoms with Crippen molar-refractivity contribution in [2.24, 2.45) is 5.92 Å². The van der Waals surface area contributed by atoms with Crippen LogP contribution in [0.3, 0.4) is 0 Å². The highest BCUT2D eigenvalue weighted by Crippen LogP contribution is 2.51. The van der Waals surface area contributed by atoms with Crippen molar-refractivity contribution >= 4 is 21.6 Å². The first-order valence-electron chi connectivity index (χ1n) is 7.52. The third kappa shape index (κ3) is 2.13. The summed E-state index contributed by atoms with van der Waals surface area (Å²) in [6, 6.07) is 15.9. The molecule has 2 aromatic rings. The summed E-state index contributed by atoms with van der Waals surface area (Å²) >= 11 is 3.70. The van der Waals surface area contributed by atoms with Crippen LogP contribution in [0.25, 0.3) is 0 Å². The van der Waals surface area contributed by atoms with Crippen LogP contribution in [0.4, 0.5) is 5.69 Å². The van der Waals surface area contributed by atoms with E-state index in [2.05, 4.69) is 82.8 Å². The van der Waals surface area contributed by atoms with Gasteiger partial charge < -0.3 is 5.32 Å². The van der Waals surface area contributed by atoms with E-state index < -0.39 is 0 Å². The normalized spacial score (nSPS) is 26.1. The molecular formula is C19H18BrN. The number of anilines is 1. The standard InChI is InChI=1S/C19H18BrN/c1-12-8-10-13(11-9-12)18-15-5-2-4-14(15)16-6-3-7-17(20)19(16)21-18/h2-4,6-11,14-15,18,21H,5H2,1H3/t14?,15?,18-/m1/s1. The molecule has 1 N–H and O–H groups in total. The number of allylic oxidation sites excluding steroid dienone is 2. The summed E-state index contributed by atoms with van der Waals surface area (Å²) in [5.41, 5.74) is 5.39. The molecule has 0 fully saturated rings. The quantitative estimate of drug-likeness (QED) is 0.668. The lowest BCUT2D eigenvalue weighted by molar-refractivity contribution is 0.425. The summed E-state index contributed by atoms with van der Waals surface area (Å²) in [5.74, 6) is 1.15. The number of hydrogen-bond donors (Lipinski definition) is 1. The Bertz CT molecular complexity index is 702. The Morgan fingerprint density at radius 3 is 2.71 bits per heavy atom. The molecule has 2 unspecified atom stereocenters. The van der Waals surface area contributed by atoms with E-state index in [9.17, 15) is 0 Å². The molecule has 2 aliphatic rings. The van der Waals surface area contributed by atoms with Crippen LogP contribution in [0, 0.1) is 12.8 Å². The highest BCUT2D eigenvalue weighted by atomic mass is 79.9. The summed E-state index contributed by atoms with van der Waals surface area (Å²) in [6.45, 7) is 2.14. The minimum Gasteiger partial charge on any atom is -0.377 e. The third-order valence-electron chi connectivity index (χ3n) is 4.78. The fraction of sp³-hybridized carbons (Fsp3) is 0.263. The van der Waals surface area contributed by atoms with Crippen LogP contribution in [0.2, 0.25) is 0 Å². The van der Waals surface area contributed by atoms with Gasteiger partial charge in [0.25, 0.3) is 0 Å². The lowest BCUT2D eigenvalue weighted by atomic mass is 9.77. The van der Waals surface area contributed by atoms with Gasteiger partial charge in [-0.1, -0.05) is 54.1 Å². The Morgan fingerprint density at radius 1 is 1.10 bits per heavy atom. The van der Waals surface area contributed by atoms with Gasteiger partial charge in [0, 0.05) is 10.4 Å². The van der Waals surface area contributed by atoms with Crippen molar-refractivity contribution in [3.8, 4) is 0 Å². The lowest BCUT2D eigenvalue weighted by Gasteiger charge is -2.38. The molecule has 0 amide bonds. The molecule has 0 spiro atoms. The van der Waals surface area contributed by atoms with E-state index in [1.54, 1.807) is 0 Å². The van der Waals surface area contributed by atoms with Gasteiger partial charge in [0.2, 0.25) is 0 Å². The van der Waals surface area contributed by atoms with E-state index in [4.69, 9.17) is 0 Å². The van der Waals surface area contributed by atoms with E-state index in [0.717, 1.165) is 10.9 Å². The molecule has 0 radical (unpaired) electrons. The number of rotatable bonds is 1. The SMILES string of the molecule is Cc1ccc([C@H]2Nc3c(Br)cccc3C3C=CCC32)cc1. The van der Waals surface area contributed by atoms with Crippen molar-refractivity contribution in [1.82, 2.24) is 0 Å². The first-order chi connectivity index (χ1) is 10.2. The van der Waals surface area contributed by atoms with Crippen LogP contribution in [0.15, 0.2) is 59.1 Å². The number of hydrogen-bond acceptors (Lipinski definition) is 1. The van der Waals surface area contributed by atoms with Crippen LogP contribution in [0.5, 0.6) is 0 Å². The molecule has 1 nitrogen and oxygen atoms in total. The highest BCUT2D eigenvalue weighted by Gasteiger charge is 2.38. The molecule has 2 aromatic carbocycles. The zero-order valence-electron chi connectivity index (χ0n) is 12.0. The zero-order valence-corrected chi connectivity index (χ0v) is 13.6. The first kappa shape index (κ1) is 13.1. The Hall–Kier alpha value is -1.54. The molecule has 4 rings (SSSR count). The van der Waals surface area contributed by atoms with Gasteiger partial charge in [-0.3, -0.25) is 0 Å². The maximum absolute atomic E-state index is 3.79. The maximum Gasteiger partial charge on any atom is 0.0554 e. The second-order valence-electron chi connectivity index (χ2n) is 6.09. The third-order valence-corrected chi connectivity index (χ3v) is 5.44. The predicted molar refractivity (Wildman–Crippen MR) is 91.7 cm³/mol. The van der Waals surface area contributed by atoms with Gasteiger partial charge >= 0.3 is 0 Å². The fourth-order valence-electron chi connectivity index (χ4n) is 3.69. The van der Waals surface area contributed by atoms with E-state index in [1.807, 2.05) is 0 Å². The van der Waals surface area contributed by atoms with Gasteiger partial charge in [-0.25, -0.2) is 0 Å². The Kier molecular flexibility index (Phi) is 3.15. The molecule has 1 aliphatic heterocycles. The molecule has 0 saturated carbocycles. The molecule has 106 valence electrons. The van der Waals surface area contributed by atoms with Crippen molar-refractivity contribution in [3.05, 3.63) is 75.8 Å². The van der Waals surface area contributed by atoms with E-state index in [-0.39, 0.29) is 0 Å². The van der Waals surface area contributed by atoms with Gasteiger partial charge in [-0.15, -0.1) is 0 Å². The molecule has 3 atom stereocenters. The topological polar surface area (TPSA) is 12.0 Å². The van der Waals surface area contributed by atoms with Crippen LogP contribution >= 0.6 is 15.9 Å². The smallest absolute Gasteiger partial charge is 0.0554 e. The Morgan fingerprint density at radius 2 is 1.90 bits per heavy atom. The monoisotopic (exact) mass is 339 g/mol. The average Bonchev–Trinajstić information content (AvgIpc) is 2.98. The van der Waals surface area contributed by atoms with Crippen molar-refractivity contribution < 1.29 is 0 Å². The molecular weight excluding hydrogens is 322 g/mol. The van der Waals surface area contributed by atoms with Crippen LogP contribution in [0.1, 0.15) is 35.1 Å². The number of benzene rings is 2. The Labute approximate surface area is 134 Å². The largest absolute Gasteiger partial charge is 0.377 e. The van der Waals surface area contributed by atoms with Gasteiger partial charge in [0.05, 0.1) is 11.7 Å². The van der Waals surface area contributed by atoms with Gasteiger partial charge in [-0.05, 0) is 52.4 Å². The van der Waals surface area contributed by atoms with Crippen LogP contribution in [-0.2, 0) is 0 Å². The molecule has 21 heavy (non-hydrogen) atoms. The molecule has 0 aromatic heterocycles. The molecule has 0 bridgehead atoms. The number of fused-ring (bicyclic) bond motifs is 3. The zero-order chi connectivity index (χ0) is 14.4. The summed E-state index contributed by atoms with van der Waals surface area (Å²) in [4.78, 5) is 0. The minimum atomic E-state index is 0.386. The summed E-state index contributed by atoms with van der Waals surface area (Å²) < 4.78 is 1.16. The van der Waals surface area contributed by atoms with Crippen molar-refractivity contribution in [1.29, 1.82) is 0 Å². The summed E-state index contributed by atoms with van der Waals surface area (Å²) in [7, 11) is 0. The second kappa shape index (κ2) is 5.03. The summed E-state index contributed by atoms with van der Waals surface area (Å²) in [6.07, 6.45) is 5.88. The average molecular weight is 340 g/mol. The summed E-state index contributed by atoms with van der Waals surface area (Å²) in [5, 5.41) is 3.79. The van der Waals surface area contributed by atoms with Gasteiger partial charge in [0.1, 0.15) is 0 Å². The van der Waals surface area contributed by atoms with Crippen molar-refractivity contribution in [2.75, 3.05) is 5.32 Å². The van der Waals surface area contributed by atoms with E-state index in [0.29, 0.717) is 17.9 Å². The number of halogens is 1. The molecule has 0 saturated heterocycles. The number of para-hydroxylation sites is 1. The highest BCUT2D eigenvalue weighted by molar-refractivity contribution is 9.10. The molecule has 2 heteroatoms. The fourth-order valence-corrected chi connectivity index (χ4v) is 4.18. The van der Waals surface area contributed by atoms with Crippen LogP contribution < -0.4 is 5.32 Å². The minimum absolute atomic E-state index is 0.386. The Balaban J connectivity index is 1.81. The van der Waals surface area contributed by atoms with Gasteiger partial charge in [-0.2, -0.15) is 0 Å². The number of nitrogens with one attached hydrogen (secondary N) is 1. The van der Waals surface area contributed by atoms with E-state index in [1.165, 1.54) is 22.4 Å². The lowest BCUT2D eigenvalue weighted by Crippen LogP contribution is -2.29. The van der Waals surface area contributed by atoms with Gasteiger partial charge in [0.15, 0.2) is 0 Å². The first-order valence-corrected chi connectivity index (χ1v) is 8.31. The van der Waals surface area contributed by atoms with Crippen molar-refractivity contribution in [2.45, 2.75) is 25.3 Å². The predicted octanol–water partition coefficient (Wildman–Crippen LogP) is 5.58. The van der Waals surface area contributed by atoms with Crippen molar-refractivity contribution in [3.63, 3.8) is 0 Å². The molecule has 1 heterocycles. The molecule has 1 aliphatic carbocycles. The van der Waals surface area contributed by atoms with Crippen LogP contribution in [-0.4, -0.2) is 0 Å². The maximum atomic E-state index is 3.79. The van der Waals surface area contributed by atoms with E-state index >= 15 is 0 Å². The number of aryl methyl sites for hydroxylation is 1.